The Morgan fingerprint density at radius 1 is 1.09 bits per heavy atom. The minimum Gasteiger partial charge on any atom is -0.468 e. The summed E-state index contributed by atoms with van der Waals surface area (Å²) in [5, 5.41) is 0. The molecular weight excluding hydrogens is 296 g/mol. The number of rotatable bonds is 3. The van der Waals surface area contributed by atoms with Crippen molar-refractivity contribution in [1.82, 2.24) is 0 Å². The Hall–Kier alpha value is -1.88. The van der Waals surface area contributed by atoms with E-state index >= 15 is 0 Å². The lowest BCUT2D eigenvalue weighted by Gasteiger charge is -2.25. The number of carbonyl (C=O) groups excluding carboxylic acids is 2. The van der Waals surface area contributed by atoms with Crippen molar-refractivity contribution in [3.8, 4) is 0 Å². The Balaban J connectivity index is 1.70. The minimum atomic E-state index is -1.18. The standard InChI is InChI=1S/C18H20O5/c1-21-15(19)18(16(20)22-2)8-12-14(11-6-4-3-5-7-11)23-13-9-17(12,13)10-18/h3-7,12-14H,8-10H2,1-2H3/t12-,13+,14-,17-/m0/s1. The Morgan fingerprint density at radius 2 is 1.74 bits per heavy atom. The van der Waals surface area contributed by atoms with Crippen molar-refractivity contribution in [3.05, 3.63) is 35.9 Å². The number of methoxy groups -OCH3 is 2. The van der Waals surface area contributed by atoms with Crippen molar-refractivity contribution in [2.75, 3.05) is 14.2 Å². The van der Waals surface area contributed by atoms with E-state index in [2.05, 4.69) is 0 Å². The highest BCUT2D eigenvalue weighted by molar-refractivity contribution is 6.00. The maximum absolute atomic E-state index is 12.4. The molecule has 2 aliphatic carbocycles. The molecule has 4 rings (SSSR count). The lowest BCUT2D eigenvalue weighted by atomic mass is 9.83. The first kappa shape index (κ1) is 14.7. The van der Waals surface area contributed by atoms with Crippen LogP contribution in [0.2, 0.25) is 0 Å². The summed E-state index contributed by atoms with van der Waals surface area (Å²) in [5.41, 5.74) is -0.155. The summed E-state index contributed by atoms with van der Waals surface area (Å²) in [6.07, 6.45) is 1.89. The summed E-state index contributed by atoms with van der Waals surface area (Å²) in [7, 11) is 2.66. The van der Waals surface area contributed by atoms with E-state index in [9.17, 15) is 9.59 Å². The third kappa shape index (κ3) is 1.83. The second-order valence-electron chi connectivity index (χ2n) is 6.95. The number of hydrogen-bond donors (Lipinski definition) is 0. The first-order valence-electron chi connectivity index (χ1n) is 7.95. The summed E-state index contributed by atoms with van der Waals surface area (Å²) in [4.78, 5) is 24.8. The van der Waals surface area contributed by atoms with Gasteiger partial charge in [0.05, 0.1) is 26.4 Å². The summed E-state index contributed by atoms with van der Waals surface area (Å²) in [6.45, 7) is 0. The summed E-state index contributed by atoms with van der Waals surface area (Å²) in [5.74, 6) is -0.815. The van der Waals surface area contributed by atoms with Crippen LogP contribution in [0.25, 0.3) is 0 Å². The first-order chi connectivity index (χ1) is 11.1. The lowest BCUT2D eigenvalue weighted by molar-refractivity contribution is -0.169. The van der Waals surface area contributed by atoms with Gasteiger partial charge in [-0.05, 0) is 30.7 Å². The maximum atomic E-state index is 12.4. The topological polar surface area (TPSA) is 61.8 Å². The number of hydrogen-bond acceptors (Lipinski definition) is 5. The van der Waals surface area contributed by atoms with E-state index in [1.165, 1.54) is 14.2 Å². The monoisotopic (exact) mass is 316 g/mol. The molecule has 3 aliphatic rings. The van der Waals surface area contributed by atoms with Gasteiger partial charge in [0.15, 0.2) is 5.41 Å². The number of esters is 2. The Labute approximate surface area is 134 Å². The van der Waals surface area contributed by atoms with E-state index in [1.807, 2.05) is 30.3 Å². The Morgan fingerprint density at radius 3 is 2.35 bits per heavy atom. The SMILES string of the molecule is COC(=O)C1(C(=O)OC)C[C@H]2[C@H](c3ccccc3)O[C@@H]3C[C@@]32C1. The van der Waals surface area contributed by atoms with Crippen LogP contribution in [0.4, 0.5) is 0 Å². The molecule has 0 unspecified atom stereocenters. The third-order valence-electron chi connectivity index (χ3n) is 5.94. The molecule has 0 N–H and O–H groups in total. The fourth-order valence-electron chi connectivity index (χ4n) is 4.81. The molecule has 23 heavy (non-hydrogen) atoms. The molecule has 4 atom stereocenters. The van der Waals surface area contributed by atoms with E-state index in [-0.39, 0.29) is 23.5 Å². The molecule has 0 radical (unpaired) electrons. The average molecular weight is 316 g/mol. The molecule has 2 saturated carbocycles. The van der Waals surface area contributed by atoms with Crippen LogP contribution in [0.1, 0.15) is 30.9 Å². The number of ether oxygens (including phenoxy) is 3. The molecule has 0 bridgehead atoms. The van der Waals surface area contributed by atoms with Crippen LogP contribution in [0.5, 0.6) is 0 Å². The van der Waals surface area contributed by atoms with E-state index in [1.54, 1.807) is 0 Å². The predicted octanol–water partition coefficient (Wildman–Crippen LogP) is 2.26. The van der Waals surface area contributed by atoms with Crippen LogP contribution in [0.15, 0.2) is 30.3 Å². The molecule has 1 saturated heterocycles. The lowest BCUT2D eigenvalue weighted by Crippen LogP contribution is -2.40. The summed E-state index contributed by atoms with van der Waals surface area (Å²) in [6, 6.07) is 10.0. The predicted molar refractivity (Wildman–Crippen MR) is 80.3 cm³/mol. The van der Waals surface area contributed by atoms with Gasteiger partial charge < -0.3 is 14.2 Å². The normalized spacial score (nSPS) is 36.0. The van der Waals surface area contributed by atoms with Crippen molar-refractivity contribution in [2.45, 2.75) is 31.5 Å². The van der Waals surface area contributed by atoms with Gasteiger partial charge in [-0.1, -0.05) is 30.3 Å². The van der Waals surface area contributed by atoms with Crippen molar-refractivity contribution < 1.29 is 23.8 Å². The highest BCUT2D eigenvalue weighted by atomic mass is 16.5. The fraction of sp³-hybridized carbons (Fsp3) is 0.556. The van der Waals surface area contributed by atoms with Gasteiger partial charge in [-0.25, -0.2) is 0 Å². The minimum absolute atomic E-state index is 0.0638. The molecular formula is C18H20O5. The third-order valence-corrected chi connectivity index (χ3v) is 5.94. The molecule has 1 heterocycles. The highest BCUT2D eigenvalue weighted by Gasteiger charge is 2.77. The average Bonchev–Trinajstić information content (AvgIpc) is 3.01. The molecule has 1 aliphatic heterocycles. The van der Waals surface area contributed by atoms with Crippen molar-refractivity contribution >= 4 is 11.9 Å². The molecule has 0 aromatic heterocycles. The summed E-state index contributed by atoms with van der Waals surface area (Å²) < 4.78 is 16.1. The molecule has 122 valence electrons. The van der Waals surface area contributed by atoms with Crippen molar-refractivity contribution in [1.29, 1.82) is 0 Å². The number of benzene rings is 1. The molecule has 0 amide bonds. The maximum Gasteiger partial charge on any atom is 0.323 e. The van der Waals surface area contributed by atoms with Crippen LogP contribution >= 0.6 is 0 Å². The van der Waals surface area contributed by atoms with Crippen molar-refractivity contribution in [3.63, 3.8) is 0 Å². The van der Waals surface area contributed by atoms with Crippen LogP contribution in [-0.4, -0.2) is 32.3 Å². The molecule has 5 heteroatoms. The van der Waals surface area contributed by atoms with Gasteiger partial charge in [-0.2, -0.15) is 0 Å². The van der Waals surface area contributed by atoms with Crippen LogP contribution in [-0.2, 0) is 23.8 Å². The smallest absolute Gasteiger partial charge is 0.323 e. The van der Waals surface area contributed by atoms with Crippen LogP contribution in [0, 0.1) is 16.7 Å². The fourth-order valence-corrected chi connectivity index (χ4v) is 4.81. The zero-order valence-corrected chi connectivity index (χ0v) is 13.3. The zero-order valence-electron chi connectivity index (χ0n) is 13.3. The quantitative estimate of drug-likeness (QED) is 0.632. The van der Waals surface area contributed by atoms with Gasteiger partial charge in [0.25, 0.3) is 0 Å². The van der Waals surface area contributed by atoms with Crippen LogP contribution in [0.3, 0.4) is 0 Å². The van der Waals surface area contributed by atoms with Gasteiger partial charge in [-0.3, -0.25) is 9.59 Å². The molecule has 5 nitrogen and oxygen atoms in total. The highest BCUT2D eigenvalue weighted by Crippen LogP contribution is 2.76. The largest absolute Gasteiger partial charge is 0.468 e. The molecule has 3 fully saturated rings. The van der Waals surface area contributed by atoms with E-state index in [4.69, 9.17) is 14.2 Å². The Kier molecular flexibility index (Phi) is 3.07. The second kappa shape index (κ2) is 4.81. The molecule has 1 spiro atoms. The van der Waals surface area contributed by atoms with Gasteiger partial charge in [0.1, 0.15) is 0 Å². The van der Waals surface area contributed by atoms with Crippen molar-refractivity contribution in [2.24, 2.45) is 16.7 Å². The summed E-state index contributed by atoms with van der Waals surface area (Å²) >= 11 is 0. The first-order valence-corrected chi connectivity index (χ1v) is 7.95. The van der Waals surface area contributed by atoms with Crippen LogP contribution < -0.4 is 0 Å². The molecule has 1 aromatic rings. The van der Waals surface area contributed by atoms with E-state index in [0.717, 1.165) is 12.0 Å². The zero-order chi connectivity index (χ0) is 16.2. The van der Waals surface area contributed by atoms with Gasteiger partial charge >= 0.3 is 11.9 Å². The second-order valence-corrected chi connectivity index (χ2v) is 6.95. The van der Waals surface area contributed by atoms with E-state index in [0.29, 0.717) is 12.8 Å². The van der Waals surface area contributed by atoms with Gasteiger partial charge in [0.2, 0.25) is 0 Å². The molecule has 1 aromatic carbocycles. The number of carbonyl (C=O) groups is 2. The Bertz CT molecular complexity index is 639. The van der Waals surface area contributed by atoms with E-state index < -0.39 is 17.4 Å². The van der Waals surface area contributed by atoms with Gasteiger partial charge in [-0.15, -0.1) is 0 Å². The van der Waals surface area contributed by atoms with Gasteiger partial charge in [0, 0.05) is 5.41 Å².